The molecule has 3 nitrogen and oxygen atoms in total. The summed E-state index contributed by atoms with van der Waals surface area (Å²) in [5.41, 5.74) is 5.41. The maximum absolute atomic E-state index is 9.55. The van der Waals surface area contributed by atoms with Crippen LogP contribution in [0.5, 0.6) is 0 Å². The number of aliphatic hydroxyl groups excluding tert-OH is 1. The predicted octanol–water partition coefficient (Wildman–Crippen LogP) is -0.611. The van der Waals surface area contributed by atoms with Crippen molar-refractivity contribution in [3.05, 3.63) is 60.7 Å². The van der Waals surface area contributed by atoms with Crippen LogP contribution in [0.25, 0.3) is 0 Å². The Bertz CT molecular complexity index is 608. The predicted molar refractivity (Wildman–Crippen MR) is 104 cm³/mol. The molecule has 0 saturated carbocycles. The van der Waals surface area contributed by atoms with E-state index in [1.165, 1.54) is 10.4 Å². The van der Waals surface area contributed by atoms with Gasteiger partial charge in [0.05, 0.1) is 18.8 Å². The Morgan fingerprint density at radius 1 is 0.920 bits per heavy atom. The molecule has 0 amide bonds. The Morgan fingerprint density at radius 3 is 1.64 bits per heavy atom. The zero-order chi connectivity index (χ0) is 17.8. The molecular formula is C20H30NNaO2Si. The van der Waals surface area contributed by atoms with Gasteiger partial charge in [0.2, 0.25) is 0 Å². The van der Waals surface area contributed by atoms with Crippen LogP contribution < -0.4 is 45.7 Å². The van der Waals surface area contributed by atoms with Crippen LogP contribution >= 0.6 is 0 Å². The van der Waals surface area contributed by atoms with Gasteiger partial charge in [-0.1, -0.05) is 81.4 Å². The Labute approximate surface area is 176 Å². The molecule has 0 radical (unpaired) electrons. The van der Waals surface area contributed by atoms with Crippen molar-refractivity contribution in [2.45, 2.75) is 38.3 Å². The van der Waals surface area contributed by atoms with E-state index in [0.717, 1.165) is 0 Å². The van der Waals surface area contributed by atoms with Gasteiger partial charge in [-0.3, -0.25) is 0 Å². The minimum Gasteiger partial charge on any atom is -1.00 e. The standard InChI is InChI=1S/C20H29NO2Si.Na.H/c1-19(2,3)24(17-11-7-5-8-12-17,18-13-9-6-10-14-18)23-16-20(4,21)15-22;;/h5-14,22H,15-16,21H2,1-4H3;;/q;+1;-1. The van der Waals surface area contributed by atoms with Gasteiger partial charge in [0.1, 0.15) is 0 Å². The molecule has 0 fully saturated rings. The summed E-state index contributed by atoms with van der Waals surface area (Å²) in [5.74, 6) is 0. The number of benzene rings is 2. The number of nitrogens with two attached hydrogens (primary N) is 1. The fraction of sp³-hybridized carbons (Fsp3) is 0.400. The molecule has 3 N–H and O–H groups in total. The molecule has 0 bridgehead atoms. The topological polar surface area (TPSA) is 55.5 Å². The summed E-state index contributed by atoms with van der Waals surface area (Å²) in [6, 6.07) is 20.9. The van der Waals surface area contributed by atoms with Crippen molar-refractivity contribution in [2.24, 2.45) is 5.73 Å². The van der Waals surface area contributed by atoms with E-state index >= 15 is 0 Å². The molecule has 1 atom stereocenters. The van der Waals surface area contributed by atoms with Gasteiger partial charge in [-0.25, -0.2) is 0 Å². The van der Waals surface area contributed by atoms with Crippen molar-refractivity contribution in [3.8, 4) is 0 Å². The second kappa shape index (κ2) is 8.96. The van der Waals surface area contributed by atoms with Crippen molar-refractivity contribution in [3.63, 3.8) is 0 Å². The van der Waals surface area contributed by atoms with Crippen LogP contribution in [-0.4, -0.2) is 32.2 Å². The summed E-state index contributed by atoms with van der Waals surface area (Å²) in [6.07, 6.45) is 0. The summed E-state index contributed by atoms with van der Waals surface area (Å²) < 4.78 is 6.68. The van der Waals surface area contributed by atoms with E-state index in [4.69, 9.17) is 10.2 Å². The SMILES string of the molecule is CC(N)(CO)CO[Si](c1ccccc1)(c1ccccc1)C(C)(C)C.[H-].[Na+]. The maximum Gasteiger partial charge on any atom is 1.00 e. The molecule has 0 aromatic heterocycles. The first kappa shape index (κ1) is 22.6. The quantitative estimate of drug-likeness (QED) is 0.670. The van der Waals surface area contributed by atoms with Gasteiger partial charge in [0.25, 0.3) is 8.32 Å². The molecule has 0 heterocycles. The van der Waals surface area contributed by atoms with Crippen molar-refractivity contribution in [1.82, 2.24) is 0 Å². The second-order valence-electron chi connectivity index (χ2n) is 7.76. The zero-order valence-electron chi connectivity index (χ0n) is 17.1. The van der Waals surface area contributed by atoms with Crippen LogP contribution in [0.3, 0.4) is 0 Å². The Hall–Kier alpha value is -0.463. The molecule has 2 aromatic carbocycles. The molecule has 0 aliphatic carbocycles. The van der Waals surface area contributed by atoms with Gasteiger partial charge in [-0.05, 0) is 22.3 Å². The van der Waals surface area contributed by atoms with Crippen LogP contribution in [0, 0.1) is 0 Å². The number of aliphatic hydroxyl groups is 1. The fourth-order valence-electron chi connectivity index (χ4n) is 3.08. The molecule has 2 rings (SSSR count). The molecule has 0 spiro atoms. The van der Waals surface area contributed by atoms with Gasteiger partial charge >= 0.3 is 29.6 Å². The molecule has 2 aromatic rings. The minimum absolute atomic E-state index is 0. The summed E-state index contributed by atoms with van der Waals surface area (Å²) in [5, 5.41) is 11.9. The average Bonchev–Trinajstić information content (AvgIpc) is 2.56. The van der Waals surface area contributed by atoms with Crippen LogP contribution in [0.2, 0.25) is 5.04 Å². The minimum atomic E-state index is -2.57. The first-order valence-corrected chi connectivity index (χ1v) is 10.3. The molecule has 5 heteroatoms. The van der Waals surface area contributed by atoms with Gasteiger partial charge in [-0.15, -0.1) is 0 Å². The first-order valence-electron chi connectivity index (χ1n) is 8.38. The average molecular weight is 368 g/mol. The van der Waals surface area contributed by atoms with Gasteiger partial charge in [0.15, 0.2) is 0 Å². The van der Waals surface area contributed by atoms with Crippen LogP contribution in [0.1, 0.15) is 29.1 Å². The molecule has 132 valence electrons. The Kier molecular flexibility index (Phi) is 8.09. The maximum atomic E-state index is 9.55. The monoisotopic (exact) mass is 367 g/mol. The summed E-state index contributed by atoms with van der Waals surface area (Å²) in [7, 11) is -2.57. The van der Waals surface area contributed by atoms with E-state index in [0.29, 0.717) is 6.61 Å². The van der Waals surface area contributed by atoms with Crippen LogP contribution in [-0.2, 0) is 4.43 Å². The van der Waals surface area contributed by atoms with E-state index in [-0.39, 0.29) is 42.6 Å². The van der Waals surface area contributed by atoms with E-state index < -0.39 is 13.9 Å². The van der Waals surface area contributed by atoms with Crippen molar-refractivity contribution in [1.29, 1.82) is 0 Å². The van der Waals surface area contributed by atoms with Crippen molar-refractivity contribution in [2.75, 3.05) is 13.2 Å². The number of hydrogen-bond acceptors (Lipinski definition) is 3. The van der Waals surface area contributed by atoms with Crippen molar-refractivity contribution >= 4 is 18.7 Å². The summed E-state index contributed by atoms with van der Waals surface area (Å²) >= 11 is 0. The Morgan fingerprint density at radius 2 is 1.32 bits per heavy atom. The van der Waals surface area contributed by atoms with Gasteiger partial charge in [-0.2, -0.15) is 0 Å². The summed E-state index contributed by atoms with van der Waals surface area (Å²) in [6.45, 7) is 8.72. The number of hydrogen-bond donors (Lipinski definition) is 2. The molecule has 0 aliphatic rings. The molecule has 25 heavy (non-hydrogen) atoms. The van der Waals surface area contributed by atoms with Crippen LogP contribution in [0.15, 0.2) is 60.7 Å². The van der Waals surface area contributed by atoms with E-state index in [1.54, 1.807) is 0 Å². The third-order valence-electron chi connectivity index (χ3n) is 4.40. The third kappa shape index (κ3) is 5.04. The molecule has 1 unspecified atom stereocenters. The zero-order valence-corrected chi connectivity index (χ0v) is 19.1. The van der Waals surface area contributed by atoms with Gasteiger partial charge in [0, 0.05) is 0 Å². The van der Waals surface area contributed by atoms with Gasteiger partial charge < -0.3 is 16.7 Å². The second-order valence-corrected chi connectivity index (χ2v) is 12.1. The Balaban J connectivity index is 0.00000312. The molecule has 0 aliphatic heterocycles. The van der Waals surface area contributed by atoms with E-state index in [9.17, 15) is 5.11 Å². The smallest absolute Gasteiger partial charge is 1.00 e. The van der Waals surface area contributed by atoms with E-state index in [1.807, 2.05) is 19.1 Å². The van der Waals surface area contributed by atoms with E-state index in [2.05, 4.69) is 69.3 Å². The number of rotatable bonds is 6. The molecule has 0 saturated heterocycles. The molecular weight excluding hydrogens is 337 g/mol. The normalized spacial score (nSPS) is 14.5. The third-order valence-corrected chi connectivity index (χ3v) is 9.38. The van der Waals surface area contributed by atoms with Crippen LogP contribution in [0.4, 0.5) is 0 Å². The fourth-order valence-corrected chi connectivity index (χ4v) is 7.78. The van der Waals surface area contributed by atoms with Crippen molar-refractivity contribution < 1.29 is 40.5 Å². The largest absolute Gasteiger partial charge is 1.00 e. The first-order chi connectivity index (χ1) is 11.2. The summed E-state index contributed by atoms with van der Waals surface area (Å²) in [4.78, 5) is 0.